The lowest BCUT2D eigenvalue weighted by Gasteiger charge is -2.31. The van der Waals surface area contributed by atoms with Crippen molar-refractivity contribution < 1.29 is 13.2 Å². The SMILES string of the molecule is C[C@H](COc1ccccc1N1CCNCC1)N(C)S(C)(=O)=O. The number of anilines is 1. The molecule has 1 aliphatic heterocycles. The molecule has 0 bridgehead atoms. The summed E-state index contributed by atoms with van der Waals surface area (Å²) in [5, 5.41) is 3.33. The second kappa shape index (κ2) is 7.30. The molecular weight excluding hydrogens is 302 g/mol. The van der Waals surface area contributed by atoms with E-state index in [1.807, 2.05) is 31.2 Å². The van der Waals surface area contributed by atoms with Gasteiger partial charge in [-0.25, -0.2) is 8.42 Å². The summed E-state index contributed by atoms with van der Waals surface area (Å²) in [5.74, 6) is 0.804. The van der Waals surface area contributed by atoms with Gasteiger partial charge in [-0.15, -0.1) is 0 Å². The molecule has 1 aromatic carbocycles. The molecule has 1 heterocycles. The van der Waals surface area contributed by atoms with Crippen molar-refractivity contribution in [1.29, 1.82) is 0 Å². The maximum Gasteiger partial charge on any atom is 0.211 e. The van der Waals surface area contributed by atoms with Crippen LogP contribution in [0.4, 0.5) is 5.69 Å². The number of para-hydroxylation sites is 2. The van der Waals surface area contributed by atoms with Crippen LogP contribution in [0.25, 0.3) is 0 Å². The van der Waals surface area contributed by atoms with Gasteiger partial charge in [0.15, 0.2) is 0 Å². The van der Waals surface area contributed by atoms with Crippen LogP contribution >= 0.6 is 0 Å². The van der Waals surface area contributed by atoms with Gasteiger partial charge in [-0.3, -0.25) is 0 Å². The lowest BCUT2D eigenvalue weighted by molar-refractivity contribution is 0.233. The quantitative estimate of drug-likeness (QED) is 0.836. The molecule has 6 nitrogen and oxygen atoms in total. The van der Waals surface area contributed by atoms with Gasteiger partial charge >= 0.3 is 0 Å². The van der Waals surface area contributed by atoms with Crippen LogP contribution in [0.3, 0.4) is 0 Å². The number of hydrogen-bond acceptors (Lipinski definition) is 5. The summed E-state index contributed by atoms with van der Waals surface area (Å²) in [5.41, 5.74) is 1.07. The van der Waals surface area contributed by atoms with Crippen molar-refractivity contribution >= 4 is 15.7 Å². The van der Waals surface area contributed by atoms with Crippen molar-refractivity contribution in [2.24, 2.45) is 0 Å². The molecular formula is C15H25N3O3S. The van der Waals surface area contributed by atoms with Crippen molar-refractivity contribution in [3.63, 3.8) is 0 Å². The summed E-state index contributed by atoms with van der Waals surface area (Å²) < 4.78 is 30.3. The molecule has 124 valence electrons. The first-order valence-corrected chi connectivity index (χ1v) is 9.35. The molecule has 2 rings (SSSR count). The fraction of sp³-hybridized carbons (Fsp3) is 0.600. The van der Waals surface area contributed by atoms with Crippen LogP contribution in [0.5, 0.6) is 5.75 Å². The number of ether oxygens (including phenoxy) is 1. The minimum atomic E-state index is -3.20. The van der Waals surface area contributed by atoms with Crippen molar-refractivity contribution in [2.75, 3.05) is 51.0 Å². The zero-order valence-corrected chi connectivity index (χ0v) is 14.3. The molecule has 0 radical (unpaired) electrons. The molecule has 7 heteroatoms. The molecule has 22 heavy (non-hydrogen) atoms. The third-order valence-electron chi connectivity index (χ3n) is 3.95. The highest BCUT2D eigenvalue weighted by Crippen LogP contribution is 2.28. The maximum absolute atomic E-state index is 11.6. The third-order valence-corrected chi connectivity index (χ3v) is 5.35. The predicted octanol–water partition coefficient (Wildman–Crippen LogP) is 0.755. The minimum absolute atomic E-state index is 0.217. The molecule has 1 aliphatic rings. The highest BCUT2D eigenvalue weighted by Gasteiger charge is 2.20. The number of nitrogens with zero attached hydrogens (tertiary/aromatic N) is 2. The van der Waals surface area contributed by atoms with Gasteiger partial charge in [0, 0.05) is 33.2 Å². The summed E-state index contributed by atoms with van der Waals surface area (Å²) in [6.07, 6.45) is 1.21. The molecule has 0 aliphatic carbocycles. The van der Waals surface area contributed by atoms with E-state index in [-0.39, 0.29) is 6.04 Å². The van der Waals surface area contributed by atoms with Crippen LogP contribution in [0.1, 0.15) is 6.92 Å². The zero-order chi connectivity index (χ0) is 16.2. The van der Waals surface area contributed by atoms with Crippen LogP contribution in [0, 0.1) is 0 Å². The van der Waals surface area contributed by atoms with Crippen LogP contribution in [0.2, 0.25) is 0 Å². The first-order valence-electron chi connectivity index (χ1n) is 7.50. The maximum atomic E-state index is 11.6. The Morgan fingerprint density at radius 2 is 1.95 bits per heavy atom. The second-order valence-electron chi connectivity index (χ2n) is 5.64. The minimum Gasteiger partial charge on any atom is -0.490 e. The lowest BCUT2D eigenvalue weighted by Crippen LogP contribution is -2.43. The fourth-order valence-corrected chi connectivity index (χ4v) is 3.10. The molecule has 0 aromatic heterocycles. The Morgan fingerprint density at radius 3 is 2.59 bits per heavy atom. The first kappa shape index (κ1) is 17.1. The van der Waals surface area contributed by atoms with E-state index in [2.05, 4.69) is 10.2 Å². The number of benzene rings is 1. The Morgan fingerprint density at radius 1 is 1.32 bits per heavy atom. The molecule has 1 aromatic rings. The van der Waals surface area contributed by atoms with Gasteiger partial charge in [0.2, 0.25) is 10.0 Å². The predicted molar refractivity (Wildman–Crippen MR) is 89.1 cm³/mol. The molecule has 0 amide bonds. The number of piperazine rings is 1. The van der Waals surface area contributed by atoms with E-state index in [1.165, 1.54) is 10.6 Å². The Bertz CT molecular complexity index is 585. The van der Waals surface area contributed by atoms with E-state index in [9.17, 15) is 8.42 Å². The normalized spacial score (nSPS) is 17.5. The van der Waals surface area contributed by atoms with Crippen molar-refractivity contribution in [1.82, 2.24) is 9.62 Å². The van der Waals surface area contributed by atoms with E-state index in [0.717, 1.165) is 37.6 Å². The monoisotopic (exact) mass is 327 g/mol. The van der Waals surface area contributed by atoms with Gasteiger partial charge in [0.05, 0.1) is 18.0 Å². The van der Waals surface area contributed by atoms with Crippen LogP contribution < -0.4 is 15.0 Å². The van der Waals surface area contributed by atoms with Crippen LogP contribution in [-0.4, -0.2) is 64.9 Å². The highest BCUT2D eigenvalue weighted by atomic mass is 32.2. The number of nitrogens with one attached hydrogen (secondary N) is 1. The number of likely N-dealkylation sites (N-methyl/N-ethyl adjacent to an activating group) is 1. The number of rotatable bonds is 6. The van der Waals surface area contributed by atoms with E-state index in [1.54, 1.807) is 7.05 Å². The molecule has 1 N–H and O–H groups in total. The molecule has 0 saturated carbocycles. The van der Waals surface area contributed by atoms with Gasteiger partial charge in [-0.2, -0.15) is 4.31 Å². The highest BCUT2D eigenvalue weighted by molar-refractivity contribution is 7.88. The van der Waals surface area contributed by atoms with E-state index in [4.69, 9.17) is 4.74 Å². The second-order valence-corrected chi connectivity index (χ2v) is 7.69. The largest absolute Gasteiger partial charge is 0.490 e. The third kappa shape index (κ3) is 4.34. The Kier molecular flexibility index (Phi) is 5.66. The zero-order valence-electron chi connectivity index (χ0n) is 13.4. The Hall–Kier alpha value is -1.31. The topological polar surface area (TPSA) is 61.9 Å². The summed E-state index contributed by atoms with van der Waals surface area (Å²) in [6, 6.07) is 7.70. The Labute approximate surface area is 133 Å². The van der Waals surface area contributed by atoms with Crippen molar-refractivity contribution in [3.05, 3.63) is 24.3 Å². The molecule has 1 saturated heterocycles. The van der Waals surface area contributed by atoms with E-state index >= 15 is 0 Å². The van der Waals surface area contributed by atoms with E-state index < -0.39 is 10.0 Å². The molecule has 1 fully saturated rings. The molecule has 1 atom stereocenters. The number of hydrogen-bond donors (Lipinski definition) is 1. The van der Waals surface area contributed by atoms with Crippen molar-refractivity contribution in [2.45, 2.75) is 13.0 Å². The van der Waals surface area contributed by atoms with Crippen molar-refractivity contribution in [3.8, 4) is 5.75 Å². The smallest absolute Gasteiger partial charge is 0.211 e. The standard InChI is InChI=1S/C15H25N3O3S/c1-13(17(2)22(3,19)20)12-21-15-7-5-4-6-14(15)18-10-8-16-9-11-18/h4-7,13,16H,8-12H2,1-3H3/t13-/m1/s1. The summed E-state index contributed by atoms with van der Waals surface area (Å²) >= 11 is 0. The van der Waals surface area contributed by atoms with E-state index in [0.29, 0.717) is 6.61 Å². The first-order chi connectivity index (χ1) is 10.4. The van der Waals surface area contributed by atoms with Crippen LogP contribution in [-0.2, 0) is 10.0 Å². The summed E-state index contributed by atoms with van der Waals surface area (Å²) in [4.78, 5) is 2.29. The van der Waals surface area contributed by atoms with Gasteiger partial charge in [-0.05, 0) is 19.1 Å². The Balaban J connectivity index is 2.04. The fourth-order valence-electron chi connectivity index (χ4n) is 2.39. The van der Waals surface area contributed by atoms with Gasteiger partial charge in [0.1, 0.15) is 12.4 Å². The average Bonchev–Trinajstić information content (AvgIpc) is 2.52. The molecule has 0 unspecified atom stereocenters. The number of sulfonamides is 1. The summed E-state index contributed by atoms with van der Waals surface area (Å²) in [6.45, 7) is 5.97. The summed E-state index contributed by atoms with van der Waals surface area (Å²) in [7, 11) is -1.63. The lowest BCUT2D eigenvalue weighted by atomic mass is 10.2. The van der Waals surface area contributed by atoms with Gasteiger partial charge in [-0.1, -0.05) is 12.1 Å². The molecule has 0 spiro atoms. The van der Waals surface area contributed by atoms with Crippen LogP contribution in [0.15, 0.2) is 24.3 Å². The van der Waals surface area contributed by atoms with Gasteiger partial charge < -0.3 is 15.0 Å². The average molecular weight is 327 g/mol. The van der Waals surface area contributed by atoms with Gasteiger partial charge in [0.25, 0.3) is 0 Å².